The van der Waals surface area contributed by atoms with Crippen LogP contribution in [0.15, 0.2) is 24.3 Å². The average molecular weight is 259 g/mol. The fourth-order valence-corrected chi connectivity index (χ4v) is 0.744. The van der Waals surface area contributed by atoms with Crippen molar-refractivity contribution in [1.29, 1.82) is 0 Å². The third-order valence-corrected chi connectivity index (χ3v) is 1.70. The van der Waals surface area contributed by atoms with Crippen LogP contribution in [0.25, 0.3) is 0 Å². The van der Waals surface area contributed by atoms with Gasteiger partial charge in [-0.25, -0.2) is 9.59 Å². The number of aliphatic hydroxyl groups is 2. The molecule has 0 heterocycles. The van der Waals surface area contributed by atoms with Crippen molar-refractivity contribution in [3.8, 4) is 5.75 Å². The van der Waals surface area contributed by atoms with Crippen molar-refractivity contribution < 1.29 is 35.1 Å². The Morgan fingerprint density at radius 2 is 1.28 bits per heavy atom. The van der Waals surface area contributed by atoms with Crippen LogP contribution >= 0.6 is 0 Å². The first-order valence-electron chi connectivity index (χ1n) is 4.62. The molecule has 8 nitrogen and oxygen atoms in total. The zero-order chi connectivity index (χ0) is 14.3. The summed E-state index contributed by atoms with van der Waals surface area (Å²) in [7, 11) is 0. The second kappa shape index (κ2) is 7.09. The Kier molecular flexibility index (Phi) is 6.18. The number of carbonyl (C=O) groups is 2. The molecule has 0 unspecified atom stereocenters. The van der Waals surface area contributed by atoms with Gasteiger partial charge in [-0.05, 0) is 24.3 Å². The van der Waals surface area contributed by atoms with Gasteiger partial charge in [0.1, 0.15) is 5.75 Å². The minimum absolute atomic E-state index is 0.249. The van der Waals surface area contributed by atoms with Gasteiger partial charge in [0.25, 0.3) is 0 Å². The van der Waals surface area contributed by atoms with Gasteiger partial charge in [0, 0.05) is 5.69 Å². The van der Waals surface area contributed by atoms with Crippen molar-refractivity contribution in [2.45, 2.75) is 12.2 Å². The van der Waals surface area contributed by atoms with Crippen molar-refractivity contribution in [2.75, 3.05) is 5.73 Å². The number of carboxylic acids is 2. The van der Waals surface area contributed by atoms with Gasteiger partial charge in [0.05, 0.1) is 0 Å². The molecule has 0 aliphatic rings. The summed E-state index contributed by atoms with van der Waals surface area (Å²) < 4.78 is 0. The highest BCUT2D eigenvalue weighted by Gasteiger charge is 2.29. The lowest BCUT2D eigenvalue weighted by Gasteiger charge is -2.07. The standard InChI is InChI=1S/C6H7NO.C4H6O6/c7-5-1-3-6(8)4-2-5;5-1(3(7)8)2(6)4(9)10/h1-4,8H,7H2;1-2,5-6H,(H,7,8)(H,9,10)/t;1-,2-/m.1/s1. The van der Waals surface area contributed by atoms with E-state index < -0.39 is 24.1 Å². The monoisotopic (exact) mass is 259 g/mol. The van der Waals surface area contributed by atoms with Crippen LogP contribution in [-0.4, -0.2) is 49.7 Å². The first-order valence-corrected chi connectivity index (χ1v) is 4.62. The smallest absolute Gasteiger partial charge is 0.335 e. The maximum Gasteiger partial charge on any atom is 0.335 e. The Hall–Kier alpha value is -2.32. The van der Waals surface area contributed by atoms with Gasteiger partial charge in [-0.1, -0.05) is 0 Å². The van der Waals surface area contributed by atoms with E-state index in [4.69, 9.17) is 31.3 Å². The molecule has 0 spiro atoms. The average Bonchev–Trinajstić information content (AvgIpc) is 2.31. The number of hydrogen-bond acceptors (Lipinski definition) is 6. The summed E-state index contributed by atoms with van der Waals surface area (Å²) in [4.78, 5) is 19.5. The van der Waals surface area contributed by atoms with Crippen LogP contribution in [-0.2, 0) is 9.59 Å². The molecule has 18 heavy (non-hydrogen) atoms. The largest absolute Gasteiger partial charge is 0.508 e. The van der Waals surface area contributed by atoms with Crippen molar-refractivity contribution in [1.82, 2.24) is 0 Å². The van der Waals surface area contributed by atoms with Crippen LogP contribution < -0.4 is 5.73 Å². The fraction of sp³-hybridized carbons (Fsp3) is 0.200. The van der Waals surface area contributed by atoms with E-state index in [9.17, 15) is 9.59 Å². The van der Waals surface area contributed by atoms with Crippen LogP contribution in [0.1, 0.15) is 0 Å². The maximum absolute atomic E-state index is 9.77. The molecular weight excluding hydrogens is 246 g/mol. The van der Waals surface area contributed by atoms with E-state index in [-0.39, 0.29) is 5.75 Å². The molecule has 0 aliphatic carbocycles. The van der Waals surface area contributed by atoms with Crippen molar-refractivity contribution >= 4 is 17.6 Å². The van der Waals surface area contributed by atoms with E-state index in [1.165, 1.54) is 0 Å². The Morgan fingerprint density at radius 3 is 1.50 bits per heavy atom. The zero-order valence-corrected chi connectivity index (χ0v) is 9.09. The number of aliphatic hydroxyl groups excluding tert-OH is 2. The van der Waals surface area contributed by atoms with Crippen LogP contribution in [0, 0.1) is 0 Å². The van der Waals surface area contributed by atoms with Crippen LogP contribution in [0.4, 0.5) is 5.69 Å². The predicted molar refractivity (Wildman–Crippen MR) is 59.8 cm³/mol. The Labute approximate surface area is 102 Å². The molecule has 0 aliphatic heterocycles. The SMILES string of the molecule is Nc1ccc(O)cc1.O=C(O)[C@H](O)[C@@H](O)C(=O)O. The summed E-state index contributed by atoms with van der Waals surface area (Å²) in [5, 5.41) is 41.2. The molecule has 8 heteroatoms. The maximum atomic E-state index is 9.77. The number of phenolic OH excluding ortho intramolecular Hbond substituents is 1. The van der Waals surface area contributed by atoms with E-state index in [1.807, 2.05) is 0 Å². The summed E-state index contributed by atoms with van der Waals surface area (Å²) in [6.45, 7) is 0. The lowest BCUT2D eigenvalue weighted by atomic mass is 10.2. The number of anilines is 1. The van der Waals surface area contributed by atoms with Gasteiger partial charge in [-0.3, -0.25) is 0 Å². The fourth-order valence-electron chi connectivity index (χ4n) is 0.744. The summed E-state index contributed by atoms with van der Waals surface area (Å²) in [5.41, 5.74) is 5.98. The molecule has 0 fully saturated rings. The van der Waals surface area contributed by atoms with Crippen LogP contribution in [0.2, 0.25) is 0 Å². The number of aliphatic carboxylic acids is 2. The van der Waals surface area contributed by atoms with Gasteiger partial charge in [-0.2, -0.15) is 0 Å². The highest BCUT2D eigenvalue weighted by atomic mass is 16.4. The van der Waals surface area contributed by atoms with E-state index in [1.54, 1.807) is 24.3 Å². The molecule has 7 N–H and O–H groups in total. The van der Waals surface area contributed by atoms with E-state index >= 15 is 0 Å². The lowest BCUT2D eigenvalue weighted by Crippen LogP contribution is -2.39. The highest BCUT2D eigenvalue weighted by Crippen LogP contribution is 2.09. The molecule has 2 atom stereocenters. The van der Waals surface area contributed by atoms with Gasteiger partial charge in [0.15, 0.2) is 12.2 Å². The van der Waals surface area contributed by atoms with E-state index in [2.05, 4.69) is 0 Å². The molecule has 0 aromatic heterocycles. The number of benzene rings is 1. The van der Waals surface area contributed by atoms with E-state index in [0.29, 0.717) is 5.69 Å². The normalized spacial score (nSPS) is 12.8. The van der Waals surface area contributed by atoms with Gasteiger partial charge in [0.2, 0.25) is 0 Å². The summed E-state index contributed by atoms with van der Waals surface area (Å²) in [6, 6.07) is 6.40. The second-order valence-electron chi connectivity index (χ2n) is 3.16. The molecular formula is C10H13NO7. The third kappa shape index (κ3) is 5.68. The van der Waals surface area contributed by atoms with Crippen LogP contribution in [0.3, 0.4) is 0 Å². The Balaban J connectivity index is 0.000000327. The lowest BCUT2D eigenvalue weighted by molar-refractivity contribution is -0.165. The first-order chi connectivity index (χ1) is 8.25. The highest BCUT2D eigenvalue weighted by molar-refractivity contribution is 5.83. The topological polar surface area (TPSA) is 161 Å². The Morgan fingerprint density at radius 1 is 0.944 bits per heavy atom. The van der Waals surface area contributed by atoms with Gasteiger partial charge in [-0.15, -0.1) is 0 Å². The first kappa shape index (κ1) is 15.7. The molecule has 0 bridgehead atoms. The number of carboxylic acid groups (broad SMARTS) is 2. The number of nitrogen functional groups attached to an aromatic ring is 1. The molecule has 0 radical (unpaired) electrons. The quantitative estimate of drug-likeness (QED) is 0.293. The van der Waals surface area contributed by atoms with Crippen LogP contribution in [0.5, 0.6) is 5.75 Å². The molecule has 1 aromatic carbocycles. The molecule has 0 amide bonds. The predicted octanol–water partition coefficient (Wildman–Crippen LogP) is -1.15. The molecule has 1 rings (SSSR count). The number of hydrogen-bond donors (Lipinski definition) is 6. The van der Waals surface area contributed by atoms with Gasteiger partial charge >= 0.3 is 11.9 Å². The molecule has 0 saturated heterocycles. The minimum Gasteiger partial charge on any atom is -0.508 e. The molecule has 1 aromatic rings. The number of rotatable bonds is 3. The molecule has 100 valence electrons. The summed E-state index contributed by atoms with van der Waals surface area (Å²) in [5.74, 6) is -3.29. The van der Waals surface area contributed by atoms with Crippen molar-refractivity contribution in [3.05, 3.63) is 24.3 Å². The van der Waals surface area contributed by atoms with Gasteiger partial charge < -0.3 is 31.3 Å². The summed E-state index contributed by atoms with van der Waals surface area (Å²) >= 11 is 0. The minimum atomic E-state index is -2.27. The van der Waals surface area contributed by atoms with E-state index in [0.717, 1.165) is 0 Å². The third-order valence-electron chi connectivity index (χ3n) is 1.70. The summed E-state index contributed by atoms with van der Waals surface area (Å²) in [6.07, 6.45) is -4.53. The van der Waals surface area contributed by atoms with Crippen molar-refractivity contribution in [3.63, 3.8) is 0 Å². The Bertz CT molecular complexity index is 364. The molecule has 0 saturated carbocycles. The van der Waals surface area contributed by atoms with Crippen molar-refractivity contribution in [2.24, 2.45) is 0 Å². The zero-order valence-electron chi connectivity index (χ0n) is 9.09. The number of phenols is 1. The second-order valence-corrected chi connectivity index (χ2v) is 3.16. The number of nitrogens with two attached hydrogens (primary N) is 1. The number of aromatic hydroxyl groups is 1.